The van der Waals surface area contributed by atoms with Crippen molar-refractivity contribution in [3.63, 3.8) is 0 Å². The van der Waals surface area contributed by atoms with E-state index >= 15 is 0 Å². The lowest BCUT2D eigenvalue weighted by atomic mass is 9.89. The zero-order chi connectivity index (χ0) is 29.1. The Bertz CT molecular complexity index is 926. The molecule has 214 valence electrons. The number of esters is 1. The number of alkyl carbamates (subject to hydrolysis) is 1. The standard InChI is InChI=1S/C29H47N3O6/c1-10-20(4)23(31-27(36)38-28(5,6)7)26(35)32(29(8,9)11-2)24(21-16-14-13-15-17-21)25(34)30-19-18-22(33)37-12-3/h13-17,20,23-24H,10-12,18-19H2,1-9H3,(H,30,34)(H,31,36). The number of nitrogens with zero attached hydrogens (tertiary/aromatic N) is 1. The Morgan fingerprint density at radius 2 is 1.58 bits per heavy atom. The van der Waals surface area contributed by atoms with E-state index in [2.05, 4.69) is 10.6 Å². The van der Waals surface area contributed by atoms with Gasteiger partial charge >= 0.3 is 12.1 Å². The van der Waals surface area contributed by atoms with Crippen molar-refractivity contribution in [2.24, 2.45) is 5.92 Å². The van der Waals surface area contributed by atoms with E-state index in [1.54, 1.807) is 56.9 Å². The molecule has 0 aliphatic heterocycles. The molecular weight excluding hydrogens is 486 g/mol. The molecule has 3 atom stereocenters. The zero-order valence-corrected chi connectivity index (χ0v) is 24.6. The Hall–Kier alpha value is -3.10. The quantitative estimate of drug-likeness (QED) is 0.354. The number of nitrogens with one attached hydrogen (secondary N) is 2. The Labute approximate surface area is 228 Å². The zero-order valence-electron chi connectivity index (χ0n) is 24.6. The molecule has 9 heteroatoms. The van der Waals surface area contributed by atoms with E-state index in [0.29, 0.717) is 18.4 Å². The molecule has 0 radical (unpaired) electrons. The second kappa shape index (κ2) is 14.7. The predicted octanol–water partition coefficient (Wildman–Crippen LogP) is 4.75. The van der Waals surface area contributed by atoms with Crippen LogP contribution in [-0.4, -0.2) is 59.1 Å². The highest BCUT2D eigenvalue weighted by atomic mass is 16.6. The molecule has 0 aromatic heterocycles. The number of hydrogen-bond donors (Lipinski definition) is 2. The number of ether oxygens (including phenoxy) is 2. The molecule has 1 aromatic rings. The fourth-order valence-corrected chi connectivity index (χ4v) is 3.88. The SMILES string of the molecule is CCOC(=O)CCNC(=O)C(c1ccccc1)N(C(=O)C(NC(=O)OC(C)(C)C)C(C)CC)C(C)(C)CC. The van der Waals surface area contributed by atoms with Crippen molar-refractivity contribution in [2.75, 3.05) is 13.2 Å². The first-order valence-electron chi connectivity index (χ1n) is 13.5. The Morgan fingerprint density at radius 1 is 0.974 bits per heavy atom. The molecule has 0 aliphatic carbocycles. The third kappa shape index (κ3) is 9.99. The average Bonchev–Trinajstić information content (AvgIpc) is 2.84. The molecule has 0 bridgehead atoms. The number of carbonyl (C=O) groups excluding carboxylic acids is 4. The first kappa shape index (κ1) is 32.9. The molecule has 9 nitrogen and oxygen atoms in total. The highest BCUT2D eigenvalue weighted by molar-refractivity contribution is 5.93. The molecule has 0 saturated carbocycles. The van der Waals surface area contributed by atoms with E-state index in [-0.39, 0.29) is 31.4 Å². The maximum Gasteiger partial charge on any atom is 0.408 e. The smallest absolute Gasteiger partial charge is 0.408 e. The van der Waals surface area contributed by atoms with Crippen LogP contribution in [0.15, 0.2) is 30.3 Å². The van der Waals surface area contributed by atoms with Gasteiger partial charge in [0.05, 0.1) is 13.0 Å². The van der Waals surface area contributed by atoms with Gasteiger partial charge in [0.1, 0.15) is 17.7 Å². The summed E-state index contributed by atoms with van der Waals surface area (Å²) in [6, 6.07) is 7.12. The van der Waals surface area contributed by atoms with Crippen molar-refractivity contribution < 1.29 is 28.7 Å². The third-order valence-corrected chi connectivity index (χ3v) is 6.46. The second-order valence-electron chi connectivity index (χ2n) is 11.0. The molecule has 1 aromatic carbocycles. The number of rotatable bonds is 13. The molecule has 0 saturated heterocycles. The molecule has 0 heterocycles. The average molecular weight is 534 g/mol. The maximum absolute atomic E-state index is 14.3. The van der Waals surface area contributed by atoms with Gasteiger partial charge in [-0.05, 0) is 59.4 Å². The topological polar surface area (TPSA) is 114 Å². The lowest BCUT2D eigenvalue weighted by Crippen LogP contribution is -2.60. The minimum absolute atomic E-state index is 0.0158. The summed E-state index contributed by atoms with van der Waals surface area (Å²) in [4.78, 5) is 54.2. The summed E-state index contributed by atoms with van der Waals surface area (Å²) in [6.07, 6.45) is 0.495. The summed E-state index contributed by atoms with van der Waals surface area (Å²) in [6.45, 7) is 16.9. The predicted molar refractivity (Wildman–Crippen MR) is 147 cm³/mol. The number of carbonyl (C=O) groups is 4. The highest BCUT2D eigenvalue weighted by Gasteiger charge is 2.44. The molecule has 2 N–H and O–H groups in total. The second-order valence-corrected chi connectivity index (χ2v) is 11.0. The van der Waals surface area contributed by atoms with Crippen molar-refractivity contribution in [3.05, 3.63) is 35.9 Å². The van der Waals surface area contributed by atoms with Crippen LogP contribution >= 0.6 is 0 Å². The van der Waals surface area contributed by atoms with Crippen LogP contribution in [0.1, 0.15) is 93.2 Å². The Morgan fingerprint density at radius 3 is 2.08 bits per heavy atom. The first-order chi connectivity index (χ1) is 17.7. The molecular formula is C29H47N3O6. The lowest BCUT2D eigenvalue weighted by molar-refractivity contribution is -0.150. The third-order valence-electron chi connectivity index (χ3n) is 6.46. The molecule has 0 aliphatic rings. The highest BCUT2D eigenvalue weighted by Crippen LogP contribution is 2.33. The first-order valence-corrected chi connectivity index (χ1v) is 13.5. The van der Waals surface area contributed by atoms with Gasteiger partial charge in [0.2, 0.25) is 11.8 Å². The summed E-state index contributed by atoms with van der Waals surface area (Å²) in [7, 11) is 0. The van der Waals surface area contributed by atoms with E-state index in [4.69, 9.17) is 9.47 Å². The van der Waals surface area contributed by atoms with E-state index in [1.807, 2.05) is 40.7 Å². The summed E-state index contributed by atoms with van der Waals surface area (Å²) in [5.41, 5.74) is -0.866. The van der Waals surface area contributed by atoms with E-state index in [9.17, 15) is 19.2 Å². The van der Waals surface area contributed by atoms with Crippen LogP contribution in [0.5, 0.6) is 0 Å². The fourth-order valence-electron chi connectivity index (χ4n) is 3.88. The van der Waals surface area contributed by atoms with Crippen molar-refractivity contribution in [1.29, 1.82) is 0 Å². The summed E-state index contributed by atoms with van der Waals surface area (Å²) in [5, 5.41) is 5.58. The van der Waals surface area contributed by atoms with Gasteiger partial charge in [-0.1, -0.05) is 57.5 Å². The molecule has 1 rings (SSSR count). The van der Waals surface area contributed by atoms with Crippen LogP contribution in [0.2, 0.25) is 0 Å². The molecule has 3 unspecified atom stereocenters. The van der Waals surface area contributed by atoms with Crippen LogP contribution in [-0.2, 0) is 23.9 Å². The Balaban J connectivity index is 3.51. The largest absolute Gasteiger partial charge is 0.466 e. The van der Waals surface area contributed by atoms with E-state index in [0.717, 1.165) is 0 Å². The van der Waals surface area contributed by atoms with Gasteiger partial charge in [-0.25, -0.2) is 4.79 Å². The van der Waals surface area contributed by atoms with Crippen molar-refractivity contribution in [1.82, 2.24) is 15.5 Å². The number of hydrogen-bond acceptors (Lipinski definition) is 6. The normalized spacial score (nSPS) is 14.0. The minimum Gasteiger partial charge on any atom is -0.466 e. The van der Waals surface area contributed by atoms with E-state index < -0.39 is 41.2 Å². The van der Waals surface area contributed by atoms with E-state index in [1.165, 1.54) is 0 Å². The van der Waals surface area contributed by atoms with Gasteiger partial charge in [0, 0.05) is 12.1 Å². The number of benzene rings is 1. The summed E-state index contributed by atoms with van der Waals surface area (Å²) in [5.74, 6) is -1.44. The monoisotopic (exact) mass is 533 g/mol. The minimum atomic E-state index is -0.993. The fraction of sp³-hybridized carbons (Fsp3) is 0.655. The van der Waals surface area contributed by atoms with Crippen LogP contribution in [0.25, 0.3) is 0 Å². The van der Waals surface area contributed by atoms with Crippen LogP contribution < -0.4 is 10.6 Å². The maximum atomic E-state index is 14.3. The molecule has 0 fully saturated rings. The van der Waals surface area contributed by atoms with Gasteiger partial charge in [0.15, 0.2) is 0 Å². The molecule has 3 amide bonds. The molecule has 38 heavy (non-hydrogen) atoms. The van der Waals surface area contributed by atoms with Crippen molar-refractivity contribution in [2.45, 2.75) is 105 Å². The summed E-state index contributed by atoms with van der Waals surface area (Å²) >= 11 is 0. The molecule has 0 spiro atoms. The van der Waals surface area contributed by atoms with Crippen molar-refractivity contribution >= 4 is 23.9 Å². The lowest BCUT2D eigenvalue weighted by Gasteiger charge is -2.45. The van der Waals surface area contributed by atoms with Gasteiger partial charge < -0.3 is 25.0 Å². The van der Waals surface area contributed by atoms with Crippen LogP contribution in [0, 0.1) is 5.92 Å². The van der Waals surface area contributed by atoms with Gasteiger partial charge in [-0.15, -0.1) is 0 Å². The summed E-state index contributed by atoms with van der Waals surface area (Å²) < 4.78 is 10.4. The van der Waals surface area contributed by atoms with Gasteiger partial charge in [-0.2, -0.15) is 0 Å². The van der Waals surface area contributed by atoms with Crippen LogP contribution in [0.3, 0.4) is 0 Å². The number of amides is 3. The van der Waals surface area contributed by atoms with Crippen molar-refractivity contribution in [3.8, 4) is 0 Å². The van der Waals surface area contributed by atoms with Gasteiger partial charge in [-0.3, -0.25) is 14.4 Å². The van der Waals surface area contributed by atoms with Gasteiger partial charge in [0.25, 0.3) is 0 Å². The van der Waals surface area contributed by atoms with Crippen LogP contribution in [0.4, 0.5) is 4.79 Å². The Kier molecular flexibility index (Phi) is 12.8.